The highest BCUT2D eigenvalue weighted by Crippen LogP contribution is 2.27. The summed E-state index contributed by atoms with van der Waals surface area (Å²) in [5.41, 5.74) is -0.272. The second kappa shape index (κ2) is 7.67. The number of halogens is 2. The van der Waals surface area contributed by atoms with Gasteiger partial charge in [-0.25, -0.2) is 17.2 Å². The van der Waals surface area contributed by atoms with Crippen LogP contribution in [-0.4, -0.2) is 48.7 Å². The standard InChI is InChI=1S/C17H17F2N3O4S/c18-14-5-3-4-13(17(14)19)12-20-8-10-21(11-9-20)27(25,26)16-7-2-1-6-15(16)22(23)24/h1-7H,8-12H2. The number of sulfonamides is 1. The monoisotopic (exact) mass is 397 g/mol. The number of piperazine rings is 1. The van der Waals surface area contributed by atoms with E-state index in [1.807, 2.05) is 4.90 Å². The normalized spacial score (nSPS) is 16.4. The van der Waals surface area contributed by atoms with Gasteiger partial charge in [0.15, 0.2) is 16.5 Å². The lowest BCUT2D eigenvalue weighted by Crippen LogP contribution is -2.48. The third-order valence-electron chi connectivity index (χ3n) is 4.44. The van der Waals surface area contributed by atoms with Crippen LogP contribution in [-0.2, 0) is 16.6 Å². The molecule has 1 saturated heterocycles. The van der Waals surface area contributed by atoms with Gasteiger partial charge in [0.1, 0.15) is 0 Å². The molecule has 27 heavy (non-hydrogen) atoms. The van der Waals surface area contributed by atoms with E-state index in [1.165, 1.54) is 34.6 Å². The van der Waals surface area contributed by atoms with E-state index in [2.05, 4.69) is 0 Å². The van der Waals surface area contributed by atoms with Crippen LogP contribution in [0.15, 0.2) is 47.4 Å². The van der Waals surface area contributed by atoms with Crippen molar-refractivity contribution in [1.29, 1.82) is 0 Å². The summed E-state index contributed by atoms with van der Waals surface area (Å²) in [4.78, 5) is 11.8. The second-order valence-electron chi connectivity index (χ2n) is 6.12. The Bertz CT molecular complexity index is 960. The van der Waals surface area contributed by atoms with E-state index in [9.17, 15) is 27.3 Å². The molecule has 2 aromatic carbocycles. The van der Waals surface area contributed by atoms with Crippen LogP contribution in [0.2, 0.25) is 0 Å². The van der Waals surface area contributed by atoms with Gasteiger partial charge < -0.3 is 0 Å². The van der Waals surface area contributed by atoms with Crippen molar-refractivity contribution >= 4 is 15.7 Å². The van der Waals surface area contributed by atoms with Gasteiger partial charge in [0, 0.05) is 44.4 Å². The van der Waals surface area contributed by atoms with Crippen molar-refractivity contribution in [2.45, 2.75) is 11.4 Å². The number of nitro benzene ring substituents is 1. The number of para-hydroxylation sites is 1. The molecule has 0 aliphatic carbocycles. The maximum atomic E-state index is 13.8. The smallest absolute Gasteiger partial charge is 0.289 e. The number of rotatable bonds is 5. The first-order valence-corrected chi connectivity index (χ1v) is 9.63. The summed E-state index contributed by atoms with van der Waals surface area (Å²) in [6.07, 6.45) is 0. The van der Waals surface area contributed by atoms with Gasteiger partial charge in [-0.3, -0.25) is 15.0 Å². The molecule has 0 N–H and O–H groups in total. The highest BCUT2D eigenvalue weighted by atomic mass is 32.2. The molecule has 1 aliphatic heterocycles. The molecule has 1 fully saturated rings. The van der Waals surface area contributed by atoms with Gasteiger partial charge in [0.25, 0.3) is 5.69 Å². The number of benzene rings is 2. The largest absolute Gasteiger partial charge is 0.296 e. The fourth-order valence-electron chi connectivity index (χ4n) is 3.00. The second-order valence-corrected chi connectivity index (χ2v) is 8.02. The number of nitrogens with zero attached hydrogens (tertiary/aromatic N) is 3. The van der Waals surface area contributed by atoms with E-state index < -0.39 is 32.3 Å². The quantitative estimate of drug-likeness (QED) is 0.571. The molecule has 144 valence electrons. The Hall–Kier alpha value is -2.43. The van der Waals surface area contributed by atoms with Crippen LogP contribution in [0.3, 0.4) is 0 Å². The Kier molecular flexibility index (Phi) is 5.49. The third kappa shape index (κ3) is 3.97. The van der Waals surface area contributed by atoms with E-state index in [-0.39, 0.29) is 30.1 Å². The van der Waals surface area contributed by atoms with Gasteiger partial charge in [-0.15, -0.1) is 0 Å². The molecule has 0 spiro atoms. The minimum Gasteiger partial charge on any atom is -0.296 e. The topological polar surface area (TPSA) is 83.8 Å². The third-order valence-corrected chi connectivity index (χ3v) is 6.38. The van der Waals surface area contributed by atoms with Crippen LogP contribution < -0.4 is 0 Å². The lowest BCUT2D eigenvalue weighted by molar-refractivity contribution is -0.387. The SMILES string of the molecule is O=[N+]([O-])c1ccccc1S(=O)(=O)N1CCN(Cc2cccc(F)c2F)CC1. The molecule has 0 bridgehead atoms. The first-order valence-electron chi connectivity index (χ1n) is 8.19. The molecular weight excluding hydrogens is 380 g/mol. The van der Waals surface area contributed by atoms with Crippen molar-refractivity contribution in [1.82, 2.24) is 9.21 Å². The Balaban J connectivity index is 1.72. The van der Waals surface area contributed by atoms with Crippen molar-refractivity contribution in [3.8, 4) is 0 Å². The molecule has 0 amide bonds. The fraction of sp³-hybridized carbons (Fsp3) is 0.294. The summed E-state index contributed by atoms with van der Waals surface area (Å²) in [7, 11) is -4.02. The molecule has 0 aromatic heterocycles. The van der Waals surface area contributed by atoms with Crippen LogP contribution in [0.1, 0.15) is 5.56 Å². The van der Waals surface area contributed by atoms with Crippen molar-refractivity contribution in [3.05, 3.63) is 69.8 Å². The molecule has 0 atom stereocenters. The lowest BCUT2D eigenvalue weighted by Gasteiger charge is -2.33. The average Bonchev–Trinajstić information content (AvgIpc) is 2.66. The van der Waals surface area contributed by atoms with Crippen LogP contribution in [0.5, 0.6) is 0 Å². The Morgan fingerprint density at radius 1 is 1.00 bits per heavy atom. The van der Waals surface area contributed by atoms with Crippen molar-refractivity contribution in [3.63, 3.8) is 0 Å². The van der Waals surface area contributed by atoms with E-state index in [0.717, 1.165) is 12.1 Å². The summed E-state index contributed by atoms with van der Waals surface area (Å²) >= 11 is 0. The zero-order valence-electron chi connectivity index (χ0n) is 14.2. The van der Waals surface area contributed by atoms with Crippen molar-refractivity contribution in [2.24, 2.45) is 0 Å². The molecule has 0 saturated carbocycles. The summed E-state index contributed by atoms with van der Waals surface area (Å²) < 4.78 is 53.8. The van der Waals surface area contributed by atoms with Crippen LogP contribution >= 0.6 is 0 Å². The minimum absolute atomic E-state index is 0.102. The average molecular weight is 397 g/mol. The summed E-state index contributed by atoms with van der Waals surface area (Å²) in [6, 6.07) is 9.14. The molecule has 7 nitrogen and oxygen atoms in total. The Morgan fingerprint density at radius 2 is 1.67 bits per heavy atom. The van der Waals surface area contributed by atoms with Crippen LogP contribution in [0.4, 0.5) is 14.5 Å². The van der Waals surface area contributed by atoms with E-state index in [0.29, 0.717) is 13.1 Å². The molecular formula is C17H17F2N3O4S. The summed E-state index contributed by atoms with van der Waals surface area (Å²) in [5, 5.41) is 11.1. The highest BCUT2D eigenvalue weighted by Gasteiger charge is 2.33. The van der Waals surface area contributed by atoms with Gasteiger partial charge in [0.2, 0.25) is 10.0 Å². The van der Waals surface area contributed by atoms with Gasteiger partial charge in [-0.2, -0.15) is 4.31 Å². The number of hydrogen-bond acceptors (Lipinski definition) is 5. The lowest BCUT2D eigenvalue weighted by atomic mass is 10.2. The molecule has 0 radical (unpaired) electrons. The molecule has 1 aliphatic rings. The molecule has 1 heterocycles. The zero-order valence-corrected chi connectivity index (χ0v) is 15.0. The van der Waals surface area contributed by atoms with Crippen LogP contribution in [0, 0.1) is 21.7 Å². The number of nitro groups is 1. The van der Waals surface area contributed by atoms with Gasteiger partial charge >= 0.3 is 0 Å². The van der Waals surface area contributed by atoms with E-state index >= 15 is 0 Å². The highest BCUT2D eigenvalue weighted by molar-refractivity contribution is 7.89. The first-order chi connectivity index (χ1) is 12.8. The summed E-state index contributed by atoms with van der Waals surface area (Å²) in [6.45, 7) is 0.964. The molecule has 3 rings (SSSR count). The predicted molar refractivity (Wildman–Crippen MR) is 93.5 cm³/mol. The van der Waals surface area contributed by atoms with Gasteiger partial charge in [-0.05, 0) is 12.1 Å². The van der Waals surface area contributed by atoms with Gasteiger partial charge in [-0.1, -0.05) is 24.3 Å². The van der Waals surface area contributed by atoms with Crippen molar-refractivity contribution in [2.75, 3.05) is 26.2 Å². The Morgan fingerprint density at radius 3 is 2.33 bits per heavy atom. The van der Waals surface area contributed by atoms with Crippen LogP contribution in [0.25, 0.3) is 0 Å². The number of hydrogen-bond donors (Lipinski definition) is 0. The van der Waals surface area contributed by atoms with E-state index in [4.69, 9.17) is 0 Å². The summed E-state index contributed by atoms with van der Waals surface area (Å²) in [5.74, 6) is -1.84. The van der Waals surface area contributed by atoms with Crippen molar-refractivity contribution < 1.29 is 22.1 Å². The molecule has 0 unspecified atom stereocenters. The maximum Gasteiger partial charge on any atom is 0.289 e. The van der Waals surface area contributed by atoms with Gasteiger partial charge in [0.05, 0.1) is 4.92 Å². The first kappa shape index (κ1) is 19.3. The zero-order chi connectivity index (χ0) is 19.6. The Labute approximate surface area is 155 Å². The van der Waals surface area contributed by atoms with E-state index in [1.54, 1.807) is 0 Å². The molecule has 10 heteroatoms. The maximum absolute atomic E-state index is 13.8. The molecule has 2 aromatic rings. The minimum atomic E-state index is -4.02. The fourth-order valence-corrected chi connectivity index (χ4v) is 4.58. The predicted octanol–water partition coefficient (Wildman–Crippen LogP) is 2.38.